The summed E-state index contributed by atoms with van der Waals surface area (Å²) in [6.45, 7) is 6.97. The minimum atomic E-state index is -2.18. The highest BCUT2D eigenvalue weighted by Gasteiger charge is 2.58. The van der Waals surface area contributed by atoms with Gasteiger partial charge in [0.15, 0.2) is 0 Å². The van der Waals surface area contributed by atoms with Gasteiger partial charge in [0.25, 0.3) is 8.32 Å². The number of hydrogen-bond donors (Lipinski definition) is 0. The Morgan fingerprint density at radius 1 is 0.900 bits per heavy atom. The molecule has 0 aromatic heterocycles. The van der Waals surface area contributed by atoms with Crippen molar-refractivity contribution in [3.05, 3.63) is 60.7 Å². The van der Waals surface area contributed by atoms with Crippen LogP contribution < -0.4 is 10.4 Å². The van der Waals surface area contributed by atoms with Crippen molar-refractivity contribution in [1.82, 2.24) is 0 Å². The molecule has 1 heterocycles. The third-order valence-corrected chi connectivity index (χ3v) is 9.65. The number of benzene rings is 2. The SMILES string of the molecule is CC1CC(C)(C)[Si](c2ccccc2)(c2ccccc2)O1. The lowest BCUT2D eigenvalue weighted by Crippen LogP contribution is -2.64. The van der Waals surface area contributed by atoms with Gasteiger partial charge in [-0.1, -0.05) is 74.5 Å². The summed E-state index contributed by atoms with van der Waals surface area (Å²) >= 11 is 0. The van der Waals surface area contributed by atoms with Crippen LogP contribution >= 0.6 is 0 Å². The Balaban J connectivity index is 2.24. The molecule has 1 atom stereocenters. The number of rotatable bonds is 2. The van der Waals surface area contributed by atoms with Crippen molar-refractivity contribution in [2.45, 2.75) is 38.3 Å². The molecule has 0 bridgehead atoms. The average molecular weight is 282 g/mol. The second kappa shape index (κ2) is 4.87. The predicted octanol–water partition coefficient (Wildman–Crippen LogP) is 3.34. The Morgan fingerprint density at radius 3 is 1.70 bits per heavy atom. The zero-order valence-electron chi connectivity index (χ0n) is 12.5. The minimum Gasteiger partial charge on any atom is -0.405 e. The summed E-state index contributed by atoms with van der Waals surface area (Å²) in [5.41, 5.74) is 0. The Bertz CT molecular complexity index is 537. The van der Waals surface area contributed by atoms with Crippen molar-refractivity contribution < 1.29 is 4.43 Å². The second-order valence-electron chi connectivity index (χ2n) is 6.43. The normalized spacial score (nSPS) is 23.6. The van der Waals surface area contributed by atoms with Gasteiger partial charge in [0, 0.05) is 6.10 Å². The molecule has 1 fully saturated rings. The summed E-state index contributed by atoms with van der Waals surface area (Å²) in [5, 5.41) is 2.98. The van der Waals surface area contributed by atoms with Gasteiger partial charge in [0.05, 0.1) is 0 Å². The summed E-state index contributed by atoms with van der Waals surface area (Å²) in [7, 11) is -2.18. The lowest BCUT2D eigenvalue weighted by Gasteiger charge is -2.38. The first-order valence-corrected chi connectivity index (χ1v) is 9.26. The monoisotopic (exact) mass is 282 g/mol. The highest BCUT2D eigenvalue weighted by atomic mass is 28.4. The van der Waals surface area contributed by atoms with E-state index in [0.717, 1.165) is 6.42 Å². The van der Waals surface area contributed by atoms with Crippen LogP contribution in [-0.4, -0.2) is 14.4 Å². The van der Waals surface area contributed by atoms with E-state index in [9.17, 15) is 0 Å². The average Bonchev–Trinajstić information content (AvgIpc) is 2.70. The van der Waals surface area contributed by atoms with Crippen LogP contribution in [-0.2, 0) is 4.43 Å². The molecule has 0 radical (unpaired) electrons. The molecule has 2 heteroatoms. The van der Waals surface area contributed by atoms with E-state index in [4.69, 9.17) is 4.43 Å². The first kappa shape index (κ1) is 13.6. The Kier molecular flexibility index (Phi) is 3.31. The molecule has 2 aromatic rings. The summed E-state index contributed by atoms with van der Waals surface area (Å²) in [4.78, 5) is 0. The molecule has 0 N–H and O–H groups in total. The molecule has 0 aliphatic carbocycles. The largest absolute Gasteiger partial charge is 0.405 e. The molecule has 1 saturated heterocycles. The third kappa shape index (κ3) is 1.95. The molecular weight excluding hydrogens is 260 g/mol. The molecule has 20 heavy (non-hydrogen) atoms. The van der Waals surface area contributed by atoms with Gasteiger partial charge in [-0.3, -0.25) is 0 Å². The summed E-state index contributed by atoms with van der Waals surface area (Å²) < 4.78 is 6.68. The molecule has 0 saturated carbocycles. The maximum atomic E-state index is 6.68. The molecule has 2 aromatic carbocycles. The Hall–Kier alpha value is -1.38. The van der Waals surface area contributed by atoms with Crippen LogP contribution in [0.25, 0.3) is 0 Å². The van der Waals surface area contributed by atoms with Crippen molar-refractivity contribution in [1.29, 1.82) is 0 Å². The molecular formula is C18H22OSi. The quantitative estimate of drug-likeness (QED) is 0.768. The lowest BCUT2D eigenvalue weighted by atomic mass is 10.1. The first-order chi connectivity index (χ1) is 9.56. The van der Waals surface area contributed by atoms with Crippen LogP contribution in [0.15, 0.2) is 60.7 Å². The molecule has 1 aliphatic rings. The van der Waals surface area contributed by atoms with E-state index in [1.807, 2.05) is 0 Å². The van der Waals surface area contributed by atoms with Crippen molar-refractivity contribution >= 4 is 18.7 Å². The van der Waals surface area contributed by atoms with Crippen LogP contribution in [0.3, 0.4) is 0 Å². The summed E-state index contributed by atoms with van der Waals surface area (Å²) in [5.74, 6) is 0. The maximum Gasteiger partial charge on any atom is 0.261 e. The van der Waals surface area contributed by atoms with E-state index in [1.165, 1.54) is 10.4 Å². The van der Waals surface area contributed by atoms with Crippen LogP contribution in [0.2, 0.25) is 5.04 Å². The fourth-order valence-corrected chi connectivity index (χ4v) is 8.87. The van der Waals surface area contributed by atoms with Crippen molar-refractivity contribution in [2.24, 2.45) is 0 Å². The van der Waals surface area contributed by atoms with Gasteiger partial charge in [-0.05, 0) is 28.8 Å². The summed E-state index contributed by atoms with van der Waals surface area (Å²) in [6.07, 6.45) is 1.46. The zero-order chi connectivity index (χ0) is 14.2. The molecule has 104 valence electrons. The lowest BCUT2D eigenvalue weighted by molar-refractivity contribution is 0.249. The van der Waals surface area contributed by atoms with Crippen LogP contribution in [0.5, 0.6) is 0 Å². The van der Waals surface area contributed by atoms with Crippen molar-refractivity contribution in [3.8, 4) is 0 Å². The fourth-order valence-electron chi connectivity index (χ4n) is 3.80. The van der Waals surface area contributed by atoms with Crippen LogP contribution in [0.4, 0.5) is 0 Å². The second-order valence-corrected chi connectivity index (χ2v) is 10.5. The van der Waals surface area contributed by atoms with E-state index < -0.39 is 8.32 Å². The van der Waals surface area contributed by atoms with E-state index in [1.54, 1.807) is 0 Å². The van der Waals surface area contributed by atoms with Gasteiger partial charge in [-0.2, -0.15) is 0 Å². The van der Waals surface area contributed by atoms with Gasteiger partial charge in [-0.25, -0.2) is 0 Å². The molecule has 1 unspecified atom stereocenters. The molecule has 1 nitrogen and oxygen atoms in total. The standard InChI is InChI=1S/C18H22OSi/c1-15-14-18(2,3)20(19-15,16-10-6-4-7-11-16)17-12-8-5-9-13-17/h4-13,15H,14H2,1-3H3. The van der Waals surface area contributed by atoms with E-state index in [-0.39, 0.29) is 5.04 Å². The maximum absolute atomic E-state index is 6.68. The minimum absolute atomic E-state index is 0.203. The van der Waals surface area contributed by atoms with Crippen molar-refractivity contribution in [3.63, 3.8) is 0 Å². The van der Waals surface area contributed by atoms with Gasteiger partial charge in [0.1, 0.15) is 0 Å². The topological polar surface area (TPSA) is 9.23 Å². The van der Waals surface area contributed by atoms with E-state index in [0.29, 0.717) is 6.10 Å². The van der Waals surface area contributed by atoms with Crippen LogP contribution in [0.1, 0.15) is 27.2 Å². The number of hydrogen-bond acceptors (Lipinski definition) is 1. The molecule has 0 amide bonds. The van der Waals surface area contributed by atoms with Gasteiger partial charge >= 0.3 is 0 Å². The predicted molar refractivity (Wildman–Crippen MR) is 87.1 cm³/mol. The Labute approximate surface area is 122 Å². The van der Waals surface area contributed by atoms with E-state index in [2.05, 4.69) is 81.4 Å². The molecule has 3 rings (SSSR count). The van der Waals surface area contributed by atoms with Gasteiger partial charge in [0.2, 0.25) is 0 Å². The summed E-state index contributed by atoms with van der Waals surface area (Å²) in [6, 6.07) is 21.7. The fraction of sp³-hybridized carbons (Fsp3) is 0.333. The first-order valence-electron chi connectivity index (χ1n) is 7.35. The van der Waals surface area contributed by atoms with E-state index >= 15 is 0 Å². The Morgan fingerprint density at radius 2 is 1.35 bits per heavy atom. The highest BCUT2D eigenvalue weighted by Crippen LogP contribution is 2.48. The van der Waals surface area contributed by atoms with Gasteiger partial charge < -0.3 is 4.43 Å². The molecule has 1 aliphatic heterocycles. The van der Waals surface area contributed by atoms with Crippen LogP contribution in [0, 0.1) is 0 Å². The smallest absolute Gasteiger partial charge is 0.261 e. The van der Waals surface area contributed by atoms with Crippen molar-refractivity contribution in [2.75, 3.05) is 0 Å². The molecule has 0 spiro atoms. The van der Waals surface area contributed by atoms with Gasteiger partial charge in [-0.15, -0.1) is 0 Å². The highest BCUT2D eigenvalue weighted by molar-refractivity contribution is 7.00. The zero-order valence-corrected chi connectivity index (χ0v) is 13.5. The third-order valence-electron chi connectivity index (χ3n) is 4.49.